The highest BCUT2D eigenvalue weighted by Crippen LogP contribution is 2.34. The summed E-state index contributed by atoms with van der Waals surface area (Å²) in [6.07, 6.45) is 1.85. The minimum absolute atomic E-state index is 0.236. The van der Waals surface area contributed by atoms with Crippen molar-refractivity contribution in [3.63, 3.8) is 0 Å². The lowest BCUT2D eigenvalue weighted by molar-refractivity contribution is -0.759. The first-order chi connectivity index (χ1) is 10.8. The Bertz CT molecular complexity index is 687. The molecule has 124 valence electrons. The Morgan fingerprint density at radius 2 is 2.48 bits per heavy atom. The van der Waals surface area contributed by atoms with Crippen LogP contribution in [0.1, 0.15) is 23.0 Å². The van der Waals surface area contributed by atoms with Crippen molar-refractivity contribution in [2.75, 3.05) is 6.61 Å². The second-order valence-electron chi connectivity index (χ2n) is 4.81. The summed E-state index contributed by atoms with van der Waals surface area (Å²) in [6.45, 7) is -0.493. The van der Waals surface area contributed by atoms with Crippen molar-refractivity contribution in [3.05, 3.63) is 40.5 Å². The third-order valence-electron chi connectivity index (χ3n) is 3.25. The summed E-state index contributed by atoms with van der Waals surface area (Å²) < 4.78 is 22.1. The number of nitrogens with zero attached hydrogens (tertiary/aromatic N) is 4. The zero-order chi connectivity index (χ0) is 17.0. The van der Waals surface area contributed by atoms with E-state index in [2.05, 4.69) is 14.5 Å². The van der Waals surface area contributed by atoms with Gasteiger partial charge in [-0.05, 0) is 11.6 Å². The monoisotopic (exact) mass is 343 g/mol. The molecule has 1 fully saturated rings. The van der Waals surface area contributed by atoms with Crippen LogP contribution in [0.15, 0.2) is 29.6 Å². The van der Waals surface area contributed by atoms with Crippen LogP contribution in [0.4, 0.5) is 0 Å². The van der Waals surface area contributed by atoms with Gasteiger partial charge in [0.1, 0.15) is 5.56 Å². The Kier molecular flexibility index (Phi) is 5.32. The minimum atomic E-state index is -4.91. The number of aromatic nitrogens is 1. The number of pyridine rings is 1. The number of hydrogen-bond acceptors (Lipinski definition) is 6. The molecule has 0 radical (unpaired) electrons. The zero-order valence-corrected chi connectivity index (χ0v) is 12.7. The lowest BCUT2D eigenvalue weighted by Gasteiger charge is -2.19. The van der Waals surface area contributed by atoms with Crippen molar-refractivity contribution < 1.29 is 33.0 Å². The molecule has 1 aromatic heterocycles. The highest BCUT2D eigenvalue weighted by atomic mass is 31.2. The number of carbonyl (C=O) groups is 1. The standard InChI is InChI=1S/C11H14N5O6P/c12-11(17)7-2-1-3-16(5-7)10-4-8(14-15-13)9(22-10)6-21-23(18,19)20/h1-3,5,8-10H,4,6H2,(H3-,12,17,18,19,20)/t8-,9-,10-/m1/s1. The molecule has 4 atom stereocenters. The number of phosphoric ester groups is 1. The number of amides is 1. The Balaban J connectivity index is 2.16. The lowest BCUT2D eigenvalue weighted by Crippen LogP contribution is -2.40. The number of hydrogen-bond donors (Lipinski definition) is 2. The number of phosphoric acid groups is 1. The zero-order valence-electron chi connectivity index (χ0n) is 11.8. The van der Waals surface area contributed by atoms with Crippen molar-refractivity contribution >= 4 is 13.7 Å². The van der Waals surface area contributed by atoms with E-state index in [9.17, 15) is 14.3 Å². The molecular weight excluding hydrogens is 329 g/mol. The molecule has 11 nitrogen and oxygen atoms in total. The first-order valence-electron chi connectivity index (χ1n) is 6.49. The largest absolute Gasteiger partial charge is 0.756 e. The van der Waals surface area contributed by atoms with E-state index in [4.69, 9.17) is 20.9 Å². The summed E-state index contributed by atoms with van der Waals surface area (Å²) in [5, 5.41) is 3.54. The van der Waals surface area contributed by atoms with Crippen LogP contribution < -0.4 is 15.2 Å². The molecule has 0 aromatic carbocycles. The van der Waals surface area contributed by atoms with Gasteiger partial charge in [-0.15, -0.1) is 0 Å². The van der Waals surface area contributed by atoms with Gasteiger partial charge in [-0.1, -0.05) is 5.11 Å². The number of carbonyl (C=O) groups excluding carboxylic acids is 1. The summed E-state index contributed by atoms with van der Waals surface area (Å²) in [7, 11) is -4.91. The number of nitrogens with two attached hydrogens (primary N) is 1. The third-order valence-corrected chi connectivity index (χ3v) is 3.72. The SMILES string of the molecule is [N-]=[N+]=N[C@@H]1C[C@H]([n+]2cccc(C(N)=O)c2)O[C@@H]1COP(=O)([O-])O. The molecule has 0 aliphatic carbocycles. The molecule has 1 unspecified atom stereocenters. The van der Waals surface area contributed by atoms with Gasteiger partial charge < -0.3 is 24.8 Å². The predicted molar refractivity (Wildman–Crippen MR) is 72.4 cm³/mol. The van der Waals surface area contributed by atoms with E-state index >= 15 is 0 Å². The molecule has 12 heteroatoms. The van der Waals surface area contributed by atoms with E-state index in [-0.39, 0.29) is 12.0 Å². The molecule has 1 saturated heterocycles. The van der Waals surface area contributed by atoms with Gasteiger partial charge >= 0.3 is 0 Å². The Morgan fingerprint density at radius 1 is 1.74 bits per heavy atom. The fourth-order valence-corrected chi connectivity index (χ4v) is 2.56. The van der Waals surface area contributed by atoms with Crippen LogP contribution in [0.5, 0.6) is 0 Å². The number of rotatable bonds is 6. The van der Waals surface area contributed by atoms with Gasteiger partial charge in [0, 0.05) is 17.4 Å². The molecule has 0 spiro atoms. The van der Waals surface area contributed by atoms with Crippen molar-refractivity contribution in [2.24, 2.45) is 10.8 Å². The minimum Gasteiger partial charge on any atom is -0.756 e. The fraction of sp³-hybridized carbons (Fsp3) is 0.455. The van der Waals surface area contributed by atoms with Gasteiger partial charge in [0.15, 0.2) is 12.4 Å². The molecule has 1 aliphatic rings. The molecule has 0 bridgehead atoms. The molecule has 1 amide bonds. The van der Waals surface area contributed by atoms with Crippen LogP contribution in [0, 0.1) is 0 Å². The van der Waals surface area contributed by atoms with Crippen molar-refractivity contribution in [2.45, 2.75) is 24.8 Å². The maximum atomic E-state index is 11.2. The van der Waals surface area contributed by atoms with Crippen LogP contribution in [0.3, 0.4) is 0 Å². The highest BCUT2D eigenvalue weighted by molar-refractivity contribution is 7.44. The van der Waals surface area contributed by atoms with Crippen LogP contribution in [-0.4, -0.2) is 29.6 Å². The summed E-state index contributed by atoms with van der Waals surface area (Å²) in [5.41, 5.74) is 14.0. The quantitative estimate of drug-likeness (QED) is 0.232. The first-order valence-corrected chi connectivity index (χ1v) is 7.98. The maximum absolute atomic E-state index is 11.2. The summed E-state index contributed by atoms with van der Waals surface area (Å²) in [6, 6.07) is 2.43. The average molecular weight is 343 g/mol. The van der Waals surface area contributed by atoms with Gasteiger partial charge in [-0.2, -0.15) is 4.57 Å². The van der Waals surface area contributed by atoms with E-state index < -0.39 is 38.7 Å². The van der Waals surface area contributed by atoms with Gasteiger partial charge in [0.05, 0.1) is 18.8 Å². The molecule has 2 rings (SSSR count). The fourth-order valence-electron chi connectivity index (χ4n) is 2.22. The smallest absolute Gasteiger partial charge is 0.265 e. The molecular formula is C11H14N5O6P. The van der Waals surface area contributed by atoms with Crippen LogP contribution in [-0.2, 0) is 13.8 Å². The Morgan fingerprint density at radius 3 is 3.09 bits per heavy atom. The average Bonchev–Trinajstić information content (AvgIpc) is 2.88. The second kappa shape index (κ2) is 7.05. The molecule has 1 aromatic rings. The van der Waals surface area contributed by atoms with E-state index in [1.165, 1.54) is 12.3 Å². The summed E-state index contributed by atoms with van der Waals surface area (Å²) in [5.74, 6) is -0.614. The number of primary amides is 1. The molecule has 3 N–H and O–H groups in total. The van der Waals surface area contributed by atoms with E-state index in [1.54, 1.807) is 16.8 Å². The van der Waals surface area contributed by atoms with Crippen LogP contribution in [0.25, 0.3) is 10.4 Å². The second-order valence-corrected chi connectivity index (χ2v) is 6.00. The highest BCUT2D eigenvalue weighted by Gasteiger charge is 2.40. The summed E-state index contributed by atoms with van der Waals surface area (Å²) in [4.78, 5) is 33.2. The van der Waals surface area contributed by atoms with Crippen molar-refractivity contribution in [1.29, 1.82) is 0 Å². The topological polar surface area (TPSA) is 175 Å². The van der Waals surface area contributed by atoms with E-state index in [0.29, 0.717) is 0 Å². The maximum Gasteiger partial charge on any atom is 0.265 e. The van der Waals surface area contributed by atoms with Gasteiger partial charge in [0.2, 0.25) is 0 Å². The van der Waals surface area contributed by atoms with E-state index in [1.807, 2.05) is 0 Å². The van der Waals surface area contributed by atoms with Crippen molar-refractivity contribution in [3.8, 4) is 0 Å². The van der Waals surface area contributed by atoms with E-state index in [0.717, 1.165) is 0 Å². The first kappa shape index (κ1) is 17.4. The van der Waals surface area contributed by atoms with Gasteiger partial charge in [-0.3, -0.25) is 9.36 Å². The van der Waals surface area contributed by atoms with Crippen LogP contribution in [0.2, 0.25) is 0 Å². The number of azide groups is 1. The van der Waals surface area contributed by atoms with Gasteiger partial charge in [0.25, 0.3) is 20.0 Å². The molecule has 0 saturated carbocycles. The van der Waals surface area contributed by atoms with Crippen LogP contribution >= 0.6 is 7.82 Å². The molecule has 1 aliphatic heterocycles. The molecule has 23 heavy (non-hydrogen) atoms. The normalized spacial score (nSPS) is 26.3. The Hall–Kier alpha value is -2.00. The van der Waals surface area contributed by atoms with Gasteiger partial charge in [-0.25, -0.2) is 0 Å². The number of ether oxygens (including phenoxy) is 1. The summed E-state index contributed by atoms with van der Waals surface area (Å²) >= 11 is 0. The predicted octanol–water partition coefficient (Wildman–Crippen LogP) is -0.483. The van der Waals surface area contributed by atoms with Crippen molar-refractivity contribution in [1.82, 2.24) is 0 Å². The molecule has 2 heterocycles. The lowest BCUT2D eigenvalue weighted by atomic mass is 10.1. The third kappa shape index (κ3) is 4.73. The Labute approximate surface area is 130 Å².